The number of rotatable bonds is 2. The molecule has 1 aliphatic heterocycles. The van der Waals surface area contributed by atoms with Crippen molar-refractivity contribution in [2.24, 2.45) is 11.7 Å². The molecule has 1 heterocycles. The van der Waals surface area contributed by atoms with Crippen molar-refractivity contribution in [3.63, 3.8) is 0 Å². The maximum atomic E-state index is 13.8. The molecule has 1 aromatic rings. The van der Waals surface area contributed by atoms with Crippen molar-refractivity contribution in [1.29, 1.82) is 0 Å². The highest BCUT2D eigenvalue weighted by Gasteiger charge is 2.35. The number of nitrogens with zero attached hydrogens (tertiary/aromatic N) is 1. The second-order valence-electron chi connectivity index (χ2n) is 4.75. The molecule has 1 aliphatic rings. The van der Waals surface area contributed by atoms with Crippen molar-refractivity contribution >= 4 is 0 Å². The fourth-order valence-electron chi connectivity index (χ4n) is 2.53. The molecular formula is C12H16F2N2O2. The number of benzene rings is 1. The van der Waals surface area contributed by atoms with E-state index in [1.807, 2.05) is 0 Å². The second kappa shape index (κ2) is 4.70. The van der Waals surface area contributed by atoms with E-state index in [1.54, 1.807) is 11.9 Å². The van der Waals surface area contributed by atoms with Gasteiger partial charge in [0.25, 0.3) is 0 Å². The number of halogens is 2. The monoisotopic (exact) mass is 258 g/mol. The van der Waals surface area contributed by atoms with Gasteiger partial charge in [-0.2, -0.15) is 0 Å². The topological polar surface area (TPSA) is 69.7 Å². The Morgan fingerprint density at radius 1 is 1.33 bits per heavy atom. The van der Waals surface area contributed by atoms with Crippen LogP contribution in [0.1, 0.15) is 18.0 Å². The lowest BCUT2D eigenvalue weighted by atomic mass is 9.98. The van der Waals surface area contributed by atoms with Gasteiger partial charge in [0.05, 0.1) is 0 Å². The van der Waals surface area contributed by atoms with Crippen LogP contribution in [0.3, 0.4) is 0 Å². The minimum absolute atomic E-state index is 0.156. The van der Waals surface area contributed by atoms with Crippen LogP contribution in [0.25, 0.3) is 0 Å². The van der Waals surface area contributed by atoms with Gasteiger partial charge in [0.2, 0.25) is 0 Å². The molecule has 0 radical (unpaired) electrons. The molecule has 0 amide bonds. The highest BCUT2D eigenvalue weighted by Crippen LogP contribution is 2.41. The lowest BCUT2D eigenvalue weighted by molar-refractivity contribution is 0.290. The Kier molecular flexibility index (Phi) is 3.41. The van der Waals surface area contributed by atoms with Crippen LogP contribution in [-0.2, 0) is 0 Å². The molecule has 18 heavy (non-hydrogen) atoms. The second-order valence-corrected chi connectivity index (χ2v) is 4.75. The molecule has 4 N–H and O–H groups in total. The first-order chi connectivity index (χ1) is 8.45. The molecule has 2 atom stereocenters. The third kappa shape index (κ3) is 2.02. The lowest BCUT2D eigenvalue weighted by Crippen LogP contribution is -2.21. The molecule has 1 fully saturated rings. The van der Waals surface area contributed by atoms with Gasteiger partial charge in [-0.25, -0.2) is 8.78 Å². The maximum Gasteiger partial charge on any atom is 0.172 e. The zero-order valence-electron chi connectivity index (χ0n) is 10.0. The van der Waals surface area contributed by atoms with Gasteiger partial charge in [0.1, 0.15) is 0 Å². The van der Waals surface area contributed by atoms with Crippen molar-refractivity contribution in [2.45, 2.75) is 12.5 Å². The van der Waals surface area contributed by atoms with Crippen LogP contribution in [0.4, 0.5) is 8.78 Å². The molecule has 1 aromatic carbocycles. The third-order valence-electron chi connectivity index (χ3n) is 3.50. The number of nitrogens with two attached hydrogens (primary N) is 1. The van der Waals surface area contributed by atoms with Crippen LogP contribution >= 0.6 is 0 Å². The Balaban J connectivity index is 2.45. The van der Waals surface area contributed by atoms with Crippen LogP contribution < -0.4 is 5.73 Å². The van der Waals surface area contributed by atoms with Gasteiger partial charge in [-0.3, -0.25) is 4.90 Å². The fourth-order valence-corrected chi connectivity index (χ4v) is 2.53. The van der Waals surface area contributed by atoms with Crippen molar-refractivity contribution in [3.05, 3.63) is 23.3 Å². The highest BCUT2D eigenvalue weighted by molar-refractivity contribution is 5.42. The lowest BCUT2D eigenvalue weighted by Gasteiger charge is -2.21. The molecule has 0 saturated carbocycles. The summed E-state index contributed by atoms with van der Waals surface area (Å²) >= 11 is 0. The zero-order valence-corrected chi connectivity index (χ0v) is 10.0. The number of likely N-dealkylation sites (tertiary alicyclic amines) is 1. The molecule has 2 unspecified atom stereocenters. The van der Waals surface area contributed by atoms with E-state index >= 15 is 0 Å². The standard InChI is InChI=1S/C12H16F2N2O2/c1-16-5-6(4-15)2-7(16)10-11(13)8(17)3-9(18)12(10)14/h3,6-7,17-18H,2,4-5,15H2,1H3. The third-order valence-corrected chi connectivity index (χ3v) is 3.50. The van der Waals surface area contributed by atoms with Crippen LogP contribution in [0.5, 0.6) is 11.5 Å². The van der Waals surface area contributed by atoms with Crippen molar-refractivity contribution < 1.29 is 19.0 Å². The van der Waals surface area contributed by atoms with Gasteiger partial charge in [0, 0.05) is 24.2 Å². The average molecular weight is 258 g/mol. The van der Waals surface area contributed by atoms with E-state index in [9.17, 15) is 19.0 Å². The summed E-state index contributed by atoms with van der Waals surface area (Å²) in [5.74, 6) is -3.36. The molecule has 0 aliphatic carbocycles. The molecule has 6 heteroatoms. The smallest absolute Gasteiger partial charge is 0.172 e. The number of hydrogen-bond acceptors (Lipinski definition) is 4. The summed E-state index contributed by atoms with van der Waals surface area (Å²) in [5.41, 5.74) is 5.27. The van der Waals surface area contributed by atoms with Crippen LogP contribution in [0.2, 0.25) is 0 Å². The molecule has 0 spiro atoms. The van der Waals surface area contributed by atoms with E-state index < -0.39 is 29.2 Å². The Labute approximate surface area is 104 Å². The largest absolute Gasteiger partial charge is 0.505 e. The predicted octanol–water partition coefficient (Wildman–Crippen LogP) is 1.33. The maximum absolute atomic E-state index is 13.8. The van der Waals surface area contributed by atoms with Gasteiger partial charge in [-0.1, -0.05) is 0 Å². The number of phenolic OH excluding ortho intramolecular Hbond substituents is 2. The summed E-state index contributed by atoms with van der Waals surface area (Å²) in [6, 6.07) is 0.153. The Morgan fingerprint density at radius 2 is 1.89 bits per heavy atom. The van der Waals surface area contributed by atoms with Gasteiger partial charge < -0.3 is 15.9 Å². The van der Waals surface area contributed by atoms with E-state index in [-0.39, 0.29) is 11.5 Å². The quantitative estimate of drug-likeness (QED) is 0.748. The summed E-state index contributed by atoms with van der Waals surface area (Å²) in [6.45, 7) is 1.07. The Bertz CT molecular complexity index is 442. The SMILES string of the molecule is CN1CC(CN)CC1c1c(F)c(O)cc(O)c1F. The van der Waals surface area contributed by atoms with Crippen LogP contribution in [-0.4, -0.2) is 35.3 Å². The molecular weight excluding hydrogens is 242 g/mol. The van der Waals surface area contributed by atoms with Gasteiger partial charge >= 0.3 is 0 Å². The molecule has 0 aromatic heterocycles. The van der Waals surface area contributed by atoms with Gasteiger partial charge in [0.15, 0.2) is 23.1 Å². The fraction of sp³-hybridized carbons (Fsp3) is 0.500. The summed E-state index contributed by atoms with van der Waals surface area (Å²) < 4.78 is 27.7. The molecule has 0 bridgehead atoms. The van der Waals surface area contributed by atoms with E-state index in [0.29, 0.717) is 25.6 Å². The Hall–Kier alpha value is -1.40. The van der Waals surface area contributed by atoms with E-state index in [4.69, 9.17) is 5.73 Å². The average Bonchev–Trinajstić information content (AvgIpc) is 2.69. The predicted molar refractivity (Wildman–Crippen MR) is 62.2 cm³/mol. The molecule has 2 rings (SSSR count). The van der Waals surface area contributed by atoms with Crippen molar-refractivity contribution in [3.8, 4) is 11.5 Å². The number of phenols is 2. The zero-order chi connectivity index (χ0) is 13.4. The normalized spacial score (nSPS) is 24.7. The molecule has 4 nitrogen and oxygen atoms in total. The van der Waals surface area contributed by atoms with Gasteiger partial charge in [-0.15, -0.1) is 0 Å². The number of aromatic hydroxyl groups is 2. The molecule has 1 saturated heterocycles. The van der Waals surface area contributed by atoms with Crippen molar-refractivity contribution in [2.75, 3.05) is 20.1 Å². The summed E-state index contributed by atoms with van der Waals surface area (Å²) in [4.78, 5) is 1.78. The summed E-state index contributed by atoms with van der Waals surface area (Å²) in [6.07, 6.45) is 0.504. The van der Waals surface area contributed by atoms with E-state index in [2.05, 4.69) is 0 Å². The van der Waals surface area contributed by atoms with Crippen LogP contribution in [0, 0.1) is 17.6 Å². The van der Waals surface area contributed by atoms with E-state index in [0.717, 1.165) is 0 Å². The minimum atomic E-state index is -1.01. The van der Waals surface area contributed by atoms with Gasteiger partial charge in [-0.05, 0) is 25.9 Å². The first kappa shape index (κ1) is 13.0. The first-order valence-electron chi connectivity index (χ1n) is 5.75. The van der Waals surface area contributed by atoms with Crippen molar-refractivity contribution in [1.82, 2.24) is 4.90 Å². The van der Waals surface area contributed by atoms with Crippen LogP contribution in [0.15, 0.2) is 6.07 Å². The summed E-state index contributed by atoms with van der Waals surface area (Å²) in [5, 5.41) is 18.7. The first-order valence-corrected chi connectivity index (χ1v) is 5.75. The summed E-state index contributed by atoms with van der Waals surface area (Å²) in [7, 11) is 1.74. The Morgan fingerprint density at radius 3 is 2.33 bits per heavy atom. The molecule has 100 valence electrons. The van der Waals surface area contributed by atoms with E-state index in [1.165, 1.54) is 0 Å². The number of hydrogen-bond donors (Lipinski definition) is 3. The highest BCUT2D eigenvalue weighted by atomic mass is 19.1. The minimum Gasteiger partial charge on any atom is -0.505 e.